The van der Waals surface area contributed by atoms with Gasteiger partial charge in [-0.05, 0) is 65.7 Å². The lowest BCUT2D eigenvalue weighted by atomic mass is 9.68. The summed E-state index contributed by atoms with van der Waals surface area (Å²) in [5.41, 5.74) is -14.6. The molecule has 2 N–H and O–H groups in total. The van der Waals surface area contributed by atoms with Crippen molar-refractivity contribution in [2.45, 2.75) is 107 Å². The van der Waals surface area contributed by atoms with Crippen LogP contribution in [0.5, 0.6) is 0 Å². The normalized spacial score (nSPS) is 22.2. The molecule has 0 radical (unpaired) electrons. The molecule has 0 amide bonds. The molecule has 1 rings (SSSR count). The Hall–Kier alpha value is -1.79. The zero-order chi connectivity index (χ0) is 33.5. The third kappa shape index (κ3) is 8.22. The van der Waals surface area contributed by atoms with E-state index in [2.05, 4.69) is 6.58 Å². The van der Waals surface area contributed by atoms with Crippen molar-refractivity contribution >= 4 is 5.97 Å². The molecule has 1 aliphatic rings. The summed E-state index contributed by atoms with van der Waals surface area (Å²) in [4.78, 5) is 12.1. The van der Waals surface area contributed by atoms with Gasteiger partial charge in [-0.15, -0.1) is 0 Å². The van der Waals surface area contributed by atoms with Crippen LogP contribution in [0.2, 0.25) is 0 Å². The monoisotopic (exact) mass is 644 g/mol. The van der Waals surface area contributed by atoms with Crippen LogP contribution in [0.4, 0.5) is 52.7 Å². The van der Waals surface area contributed by atoms with Crippen LogP contribution in [-0.4, -0.2) is 82.6 Å². The summed E-state index contributed by atoms with van der Waals surface area (Å²) >= 11 is 0. The molecule has 2 atom stereocenters. The average Bonchev–Trinajstić information content (AvgIpc) is 2.77. The Morgan fingerprint density at radius 2 is 0.952 bits per heavy atom. The van der Waals surface area contributed by atoms with E-state index in [9.17, 15) is 67.7 Å². The largest absolute Gasteiger partial charge is 0.459 e. The van der Waals surface area contributed by atoms with Crippen molar-refractivity contribution in [2.24, 2.45) is 11.8 Å². The zero-order valence-electron chi connectivity index (χ0n) is 23.0. The van der Waals surface area contributed by atoms with Gasteiger partial charge < -0.3 is 24.4 Å². The standard InChI is InChI=1S/C24H32F12O6/c1-12(2)16(37)42-15-8-13(17(3,4)40-10-19(38,21(25,26)27)22(28,29)30)7-14(9-15)18(5,6)41-11-20(39,23(31,32)33)24(34,35)36/h13-15,38-39H,1,7-11H2,2-6H3. The number of halogens is 12. The van der Waals surface area contributed by atoms with Crippen molar-refractivity contribution < 1.29 is 81.9 Å². The van der Waals surface area contributed by atoms with E-state index < -0.39 is 84.2 Å². The first-order valence-corrected chi connectivity index (χ1v) is 12.2. The van der Waals surface area contributed by atoms with Gasteiger partial charge in [-0.1, -0.05) is 6.58 Å². The lowest BCUT2D eigenvalue weighted by Gasteiger charge is -2.48. The number of alkyl halides is 12. The molecule has 18 heteroatoms. The van der Waals surface area contributed by atoms with Gasteiger partial charge in [-0.2, -0.15) is 52.7 Å². The fourth-order valence-electron chi connectivity index (χ4n) is 4.22. The van der Waals surface area contributed by atoms with Crippen molar-refractivity contribution in [1.29, 1.82) is 0 Å². The third-order valence-electron chi connectivity index (χ3n) is 7.43. The summed E-state index contributed by atoms with van der Waals surface area (Å²) in [5, 5.41) is 18.9. The summed E-state index contributed by atoms with van der Waals surface area (Å²) < 4.78 is 173. The predicted molar refractivity (Wildman–Crippen MR) is 120 cm³/mol. The van der Waals surface area contributed by atoms with E-state index in [0.29, 0.717) is 0 Å². The van der Waals surface area contributed by atoms with Crippen LogP contribution < -0.4 is 0 Å². The average molecular weight is 644 g/mol. The third-order valence-corrected chi connectivity index (χ3v) is 7.43. The molecule has 0 aliphatic heterocycles. The van der Waals surface area contributed by atoms with Crippen LogP contribution in [0.3, 0.4) is 0 Å². The Kier molecular flexibility index (Phi) is 10.9. The first-order valence-electron chi connectivity index (χ1n) is 12.2. The van der Waals surface area contributed by atoms with Gasteiger partial charge in [-0.3, -0.25) is 0 Å². The van der Waals surface area contributed by atoms with Crippen LogP contribution in [-0.2, 0) is 19.0 Å². The molecule has 2 unspecified atom stereocenters. The van der Waals surface area contributed by atoms with E-state index in [1.807, 2.05) is 0 Å². The molecule has 0 aromatic heterocycles. The minimum atomic E-state index is -6.21. The van der Waals surface area contributed by atoms with Gasteiger partial charge in [0, 0.05) is 5.57 Å². The molecule has 0 spiro atoms. The highest BCUT2D eigenvalue weighted by Crippen LogP contribution is 2.49. The van der Waals surface area contributed by atoms with Gasteiger partial charge in [0.1, 0.15) is 6.10 Å². The fraction of sp³-hybridized carbons (Fsp3) is 0.875. The highest BCUT2D eigenvalue weighted by Gasteiger charge is 2.72. The number of esters is 1. The first kappa shape index (κ1) is 38.2. The van der Waals surface area contributed by atoms with Gasteiger partial charge in [0.25, 0.3) is 11.2 Å². The highest BCUT2D eigenvalue weighted by atomic mass is 19.4. The topological polar surface area (TPSA) is 85.2 Å². The Balaban J connectivity index is 3.38. The van der Waals surface area contributed by atoms with Crippen LogP contribution in [0.15, 0.2) is 12.2 Å². The zero-order valence-corrected chi connectivity index (χ0v) is 23.0. The van der Waals surface area contributed by atoms with Crippen molar-refractivity contribution in [2.75, 3.05) is 13.2 Å². The molecule has 0 saturated heterocycles. The highest BCUT2D eigenvalue weighted by molar-refractivity contribution is 5.87. The number of carbonyl (C=O) groups excluding carboxylic acids is 1. The molecule has 1 aliphatic carbocycles. The molecule has 0 bridgehead atoms. The SMILES string of the molecule is C=C(C)C(=O)OC1CC(C(C)(C)OCC(O)(C(F)(F)F)C(F)(F)F)CC(C(C)(C)OCC(O)(C(F)(F)F)C(F)(F)F)C1. The first-order chi connectivity index (χ1) is 18.3. The van der Waals surface area contributed by atoms with Crippen LogP contribution >= 0.6 is 0 Å². The Morgan fingerprint density at radius 3 is 1.19 bits per heavy atom. The molecule has 0 aromatic carbocycles. The van der Waals surface area contributed by atoms with Crippen molar-refractivity contribution in [3.63, 3.8) is 0 Å². The number of hydrogen-bond donors (Lipinski definition) is 2. The summed E-state index contributed by atoms with van der Waals surface area (Å²) in [5.74, 6) is -3.27. The maximum Gasteiger partial charge on any atom is 0.428 e. The molecular weight excluding hydrogens is 612 g/mol. The van der Waals surface area contributed by atoms with E-state index >= 15 is 0 Å². The minimum absolute atomic E-state index is 0.125. The second kappa shape index (κ2) is 12.0. The van der Waals surface area contributed by atoms with E-state index in [-0.39, 0.29) is 24.8 Å². The lowest BCUT2D eigenvalue weighted by Crippen LogP contribution is -2.62. The Labute approximate surface area is 233 Å². The number of hydrogen-bond acceptors (Lipinski definition) is 6. The second-order valence-electron chi connectivity index (χ2n) is 11.4. The van der Waals surface area contributed by atoms with Gasteiger partial charge >= 0.3 is 30.7 Å². The van der Waals surface area contributed by atoms with E-state index in [0.717, 1.165) is 27.7 Å². The number of rotatable bonds is 10. The minimum Gasteiger partial charge on any atom is -0.459 e. The molecule has 1 saturated carbocycles. The maximum atomic E-state index is 13.2. The lowest BCUT2D eigenvalue weighted by molar-refractivity contribution is -0.384. The number of carbonyl (C=O) groups is 1. The van der Waals surface area contributed by atoms with E-state index in [1.165, 1.54) is 6.92 Å². The molecule has 0 heterocycles. The summed E-state index contributed by atoms with van der Waals surface area (Å²) in [6.45, 7) is 4.16. The van der Waals surface area contributed by atoms with E-state index in [1.54, 1.807) is 0 Å². The van der Waals surface area contributed by atoms with Gasteiger partial charge in [-0.25, -0.2) is 4.79 Å². The van der Waals surface area contributed by atoms with Gasteiger partial charge in [0.15, 0.2) is 0 Å². The van der Waals surface area contributed by atoms with Crippen molar-refractivity contribution in [1.82, 2.24) is 0 Å². The second-order valence-corrected chi connectivity index (χ2v) is 11.4. The Bertz CT molecular complexity index is 875. The molecule has 1 fully saturated rings. The van der Waals surface area contributed by atoms with Crippen molar-refractivity contribution in [3.05, 3.63) is 12.2 Å². The smallest absolute Gasteiger partial charge is 0.428 e. The van der Waals surface area contributed by atoms with Crippen LogP contribution in [0.25, 0.3) is 0 Å². The summed E-state index contributed by atoms with van der Waals surface area (Å²) in [7, 11) is 0. The number of ether oxygens (including phenoxy) is 3. The van der Waals surface area contributed by atoms with Gasteiger partial charge in [0.05, 0.1) is 24.4 Å². The quantitative estimate of drug-likeness (QED) is 0.168. The molecule has 6 nitrogen and oxygen atoms in total. The molecular formula is C24H32F12O6. The van der Waals surface area contributed by atoms with Gasteiger partial charge in [0.2, 0.25) is 0 Å². The molecule has 0 aromatic rings. The van der Waals surface area contributed by atoms with E-state index in [4.69, 9.17) is 14.2 Å². The maximum absolute atomic E-state index is 13.2. The predicted octanol–water partition coefficient (Wildman–Crippen LogP) is 6.19. The van der Waals surface area contributed by atoms with Crippen LogP contribution in [0.1, 0.15) is 53.9 Å². The Morgan fingerprint density at radius 1 is 0.667 bits per heavy atom. The molecule has 42 heavy (non-hydrogen) atoms. The molecule has 248 valence electrons. The summed E-state index contributed by atoms with van der Waals surface area (Å²) in [6, 6.07) is 0. The number of aliphatic hydroxyl groups is 2. The summed E-state index contributed by atoms with van der Waals surface area (Å²) in [6.07, 6.45) is -26.9. The fourth-order valence-corrected chi connectivity index (χ4v) is 4.22. The van der Waals surface area contributed by atoms with Crippen LogP contribution in [0, 0.1) is 11.8 Å². The van der Waals surface area contributed by atoms with Crippen molar-refractivity contribution in [3.8, 4) is 0 Å².